The van der Waals surface area contributed by atoms with E-state index in [1.165, 1.54) is 5.56 Å². The summed E-state index contributed by atoms with van der Waals surface area (Å²) < 4.78 is 5.51. The lowest BCUT2D eigenvalue weighted by molar-refractivity contribution is -0.124. The Kier molecular flexibility index (Phi) is 5.65. The van der Waals surface area contributed by atoms with Gasteiger partial charge in [0, 0.05) is 12.6 Å². The zero-order valence-electron chi connectivity index (χ0n) is 11.3. The quantitative estimate of drug-likeness (QED) is 0.776. The molecule has 3 N–H and O–H groups in total. The average molecular weight is 250 g/mol. The Morgan fingerprint density at radius 2 is 1.94 bits per heavy atom. The number of hydrogen-bond acceptors (Lipinski definition) is 3. The van der Waals surface area contributed by atoms with Gasteiger partial charge >= 0.3 is 0 Å². The second-order valence-corrected chi connectivity index (χ2v) is 4.60. The monoisotopic (exact) mass is 250 g/mol. The molecule has 1 atom stereocenters. The van der Waals surface area contributed by atoms with E-state index < -0.39 is 12.0 Å². The largest absolute Gasteiger partial charge is 0.481 e. The molecular formula is C14H22N2O2. The minimum atomic E-state index is -0.551. The highest BCUT2D eigenvalue weighted by Crippen LogP contribution is 2.15. The highest BCUT2D eigenvalue weighted by molar-refractivity contribution is 5.79. The van der Waals surface area contributed by atoms with E-state index in [-0.39, 0.29) is 0 Å². The Hall–Kier alpha value is -1.55. The highest BCUT2D eigenvalue weighted by atomic mass is 16.5. The van der Waals surface area contributed by atoms with E-state index in [0.29, 0.717) is 18.2 Å². The van der Waals surface area contributed by atoms with Crippen LogP contribution in [-0.2, 0) is 11.3 Å². The predicted octanol–water partition coefficient (Wildman–Crippen LogP) is 1.83. The van der Waals surface area contributed by atoms with E-state index >= 15 is 0 Å². The molecule has 0 heterocycles. The number of nitrogens with one attached hydrogen (secondary N) is 1. The van der Waals surface area contributed by atoms with Gasteiger partial charge in [0.2, 0.25) is 0 Å². The van der Waals surface area contributed by atoms with Crippen molar-refractivity contribution in [2.75, 3.05) is 0 Å². The smallest absolute Gasteiger partial charge is 0.258 e. The van der Waals surface area contributed by atoms with Crippen LogP contribution in [0.1, 0.15) is 32.8 Å². The lowest BCUT2D eigenvalue weighted by Gasteiger charge is -2.14. The Morgan fingerprint density at radius 1 is 1.33 bits per heavy atom. The van der Waals surface area contributed by atoms with Crippen molar-refractivity contribution in [1.29, 1.82) is 0 Å². The fraction of sp³-hybridized carbons (Fsp3) is 0.500. The standard InChI is InChI=1S/C14H22N2O2/c1-4-13(14(15)17)18-12-7-5-11(6-8-12)9-16-10(2)3/h5-8,10,13,16H,4,9H2,1-3H3,(H2,15,17). The van der Waals surface area contributed by atoms with Crippen molar-refractivity contribution in [1.82, 2.24) is 5.32 Å². The van der Waals surface area contributed by atoms with Crippen molar-refractivity contribution in [3.63, 3.8) is 0 Å². The first-order valence-electron chi connectivity index (χ1n) is 6.31. The third kappa shape index (κ3) is 4.75. The first-order valence-corrected chi connectivity index (χ1v) is 6.31. The molecule has 1 unspecified atom stereocenters. The van der Waals surface area contributed by atoms with Crippen LogP contribution >= 0.6 is 0 Å². The summed E-state index contributed by atoms with van der Waals surface area (Å²) in [5, 5.41) is 3.34. The molecule has 100 valence electrons. The van der Waals surface area contributed by atoms with Crippen LogP contribution in [0.25, 0.3) is 0 Å². The minimum absolute atomic E-state index is 0.428. The third-order valence-corrected chi connectivity index (χ3v) is 2.60. The normalized spacial score (nSPS) is 12.4. The Balaban J connectivity index is 2.57. The maximum Gasteiger partial charge on any atom is 0.258 e. The van der Waals surface area contributed by atoms with Crippen molar-refractivity contribution >= 4 is 5.91 Å². The Bertz CT molecular complexity index is 374. The number of rotatable bonds is 7. The van der Waals surface area contributed by atoms with Crippen molar-refractivity contribution in [2.24, 2.45) is 5.73 Å². The summed E-state index contributed by atoms with van der Waals surface area (Å²) in [5.41, 5.74) is 6.42. The molecule has 0 spiro atoms. The number of amides is 1. The molecule has 1 amide bonds. The van der Waals surface area contributed by atoms with Gasteiger partial charge in [0.25, 0.3) is 5.91 Å². The van der Waals surface area contributed by atoms with Gasteiger partial charge in [0.1, 0.15) is 5.75 Å². The number of nitrogens with two attached hydrogens (primary N) is 1. The summed E-state index contributed by atoms with van der Waals surface area (Å²) in [6.45, 7) is 6.91. The van der Waals surface area contributed by atoms with Crippen molar-refractivity contribution in [2.45, 2.75) is 45.9 Å². The van der Waals surface area contributed by atoms with Crippen LogP contribution in [0, 0.1) is 0 Å². The summed E-state index contributed by atoms with van der Waals surface area (Å²) in [4.78, 5) is 11.1. The Labute approximate surface area is 109 Å². The first-order chi connectivity index (χ1) is 8.52. The number of carbonyl (C=O) groups excluding carboxylic acids is 1. The van der Waals surface area contributed by atoms with E-state index in [1.54, 1.807) is 0 Å². The lowest BCUT2D eigenvalue weighted by Crippen LogP contribution is -2.32. The van der Waals surface area contributed by atoms with Gasteiger partial charge in [-0.15, -0.1) is 0 Å². The molecule has 18 heavy (non-hydrogen) atoms. The molecule has 0 aliphatic carbocycles. The molecule has 1 aromatic rings. The first kappa shape index (κ1) is 14.5. The molecule has 4 nitrogen and oxygen atoms in total. The molecule has 0 aliphatic rings. The van der Waals surface area contributed by atoms with Crippen LogP contribution in [0.5, 0.6) is 5.75 Å². The van der Waals surface area contributed by atoms with Crippen molar-refractivity contribution in [3.8, 4) is 5.75 Å². The van der Waals surface area contributed by atoms with E-state index in [1.807, 2.05) is 31.2 Å². The molecule has 1 aromatic carbocycles. The second kappa shape index (κ2) is 7.01. The summed E-state index contributed by atoms with van der Waals surface area (Å²) in [7, 11) is 0. The van der Waals surface area contributed by atoms with E-state index in [2.05, 4.69) is 19.2 Å². The molecule has 0 saturated carbocycles. The average Bonchev–Trinajstić information content (AvgIpc) is 2.34. The summed E-state index contributed by atoms with van der Waals surface area (Å²) >= 11 is 0. The molecule has 0 radical (unpaired) electrons. The van der Waals surface area contributed by atoms with Gasteiger partial charge in [-0.25, -0.2) is 0 Å². The van der Waals surface area contributed by atoms with Crippen molar-refractivity contribution < 1.29 is 9.53 Å². The third-order valence-electron chi connectivity index (χ3n) is 2.60. The van der Waals surface area contributed by atoms with E-state index in [0.717, 1.165) is 6.54 Å². The molecule has 0 bridgehead atoms. The maximum atomic E-state index is 11.1. The van der Waals surface area contributed by atoms with Gasteiger partial charge in [0.05, 0.1) is 0 Å². The van der Waals surface area contributed by atoms with Gasteiger partial charge in [0.15, 0.2) is 6.10 Å². The van der Waals surface area contributed by atoms with Gasteiger partial charge < -0.3 is 15.8 Å². The van der Waals surface area contributed by atoms with Gasteiger partial charge in [-0.05, 0) is 24.1 Å². The van der Waals surface area contributed by atoms with Crippen LogP contribution in [0.3, 0.4) is 0 Å². The van der Waals surface area contributed by atoms with Crippen LogP contribution in [0.4, 0.5) is 0 Å². The zero-order chi connectivity index (χ0) is 13.5. The van der Waals surface area contributed by atoms with Crippen LogP contribution < -0.4 is 15.8 Å². The predicted molar refractivity (Wildman–Crippen MR) is 72.3 cm³/mol. The highest BCUT2D eigenvalue weighted by Gasteiger charge is 2.14. The van der Waals surface area contributed by atoms with Gasteiger partial charge in [-0.1, -0.05) is 32.9 Å². The van der Waals surface area contributed by atoms with E-state index in [9.17, 15) is 4.79 Å². The zero-order valence-corrected chi connectivity index (χ0v) is 11.3. The number of primary amides is 1. The summed E-state index contributed by atoms with van der Waals surface area (Å²) in [6, 6.07) is 8.16. The van der Waals surface area contributed by atoms with Crippen LogP contribution in [-0.4, -0.2) is 18.1 Å². The van der Waals surface area contributed by atoms with Gasteiger partial charge in [-0.3, -0.25) is 4.79 Å². The summed E-state index contributed by atoms with van der Waals surface area (Å²) in [6.07, 6.45) is 0.0241. The molecule has 0 aromatic heterocycles. The topological polar surface area (TPSA) is 64.3 Å². The van der Waals surface area contributed by atoms with Crippen LogP contribution in [0.15, 0.2) is 24.3 Å². The van der Waals surface area contributed by atoms with Crippen LogP contribution in [0.2, 0.25) is 0 Å². The van der Waals surface area contributed by atoms with Crippen molar-refractivity contribution in [3.05, 3.63) is 29.8 Å². The number of ether oxygens (including phenoxy) is 1. The number of carbonyl (C=O) groups is 1. The number of benzene rings is 1. The van der Waals surface area contributed by atoms with Gasteiger partial charge in [-0.2, -0.15) is 0 Å². The fourth-order valence-electron chi connectivity index (χ4n) is 1.51. The summed E-state index contributed by atoms with van der Waals surface area (Å²) in [5.74, 6) is 0.247. The fourth-order valence-corrected chi connectivity index (χ4v) is 1.51. The SMILES string of the molecule is CCC(Oc1ccc(CNC(C)C)cc1)C(N)=O. The Morgan fingerprint density at radius 3 is 2.39 bits per heavy atom. The molecule has 0 fully saturated rings. The molecule has 4 heteroatoms. The van der Waals surface area contributed by atoms with E-state index in [4.69, 9.17) is 10.5 Å². The molecule has 1 rings (SSSR count). The molecule has 0 saturated heterocycles. The minimum Gasteiger partial charge on any atom is -0.481 e. The maximum absolute atomic E-state index is 11.1. The molecular weight excluding hydrogens is 228 g/mol. The second-order valence-electron chi connectivity index (χ2n) is 4.60. The molecule has 0 aliphatic heterocycles. The number of hydrogen-bond donors (Lipinski definition) is 2. The lowest BCUT2D eigenvalue weighted by atomic mass is 10.2.